The highest BCUT2D eigenvalue weighted by Gasteiger charge is 2.25. The SMILES string of the molecule is CCC1CN(CCCN2CCCC2)C(CC)CN1. The van der Waals surface area contributed by atoms with Crippen LogP contribution >= 0.6 is 0 Å². The van der Waals surface area contributed by atoms with E-state index in [2.05, 4.69) is 29.0 Å². The van der Waals surface area contributed by atoms with E-state index < -0.39 is 0 Å². The summed E-state index contributed by atoms with van der Waals surface area (Å²) in [5, 5.41) is 3.68. The van der Waals surface area contributed by atoms with Crippen molar-refractivity contribution in [3.05, 3.63) is 0 Å². The Morgan fingerprint density at radius 2 is 1.83 bits per heavy atom. The maximum Gasteiger partial charge on any atom is 0.0218 e. The van der Waals surface area contributed by atoms with Crippen molar-refractivity contribution in [1.29, 1.82) is 0 Å². The number of hydrogen-bond donors (Lipinski definition) is 1. The summed E-state index contributed by atoms with van der Waals surface area (Å²) in [4.78, 5) is 5.38. The molecule has 0 aromatic rings. The molecule has 1 N–H and O–H groups in total. The fourth-order valence-electron chi connectivity index (χ4n) is 3.38. The number of nitrogens with one attached hydrogen (secondary N) is 1. The minimum Gasteiger partial charge on any atom is -0.311 e. The summed E-state index contributed by atoms with van der Waals surface area (Å²) in [5.74, 6) is 0. The van der Waals surface area contributed by atoms with E-state index in [9.17, 15) is 0 Å². The molecule has 0 aromatic carbocycles. The Morgan fingerprint density at radius 3 is 2.50 bits per heavy atom. The van der Waals surface area contributed by atoms with Gasteiger partial charge in [-0.05, 0) is 58.3 Å². The Kier molecular flexibility index (Phi) is 5.93. The Balaban J connectivity index is 1.70. The zero-order valence-corrected chi connectivity index (χ0v) is 12.3. The van der Waals surface area contributed by atoms with Gasteiger partial charge in [0.25, 0.3) is 0 Å². The van der Waals surface area contributed by atoms with E-state index in [-0.39, 0.29) is 0 Å². The van der Waals surface area contributed by atoms with E-state index in [1.807, 2.05) is 0 Å². The fourth-order valence-corrected chi connectivity index (χ4v) is 3.38. The molecule has 2 rings (SSSR count). The topological polar surface area (TPSA) is 18.5 Å². The van der Waals surface area contributed by atoms with Gasteiger partial charge in [-0.25, -0.2) is 0 Å². The quantitative estimate of drug-likeness (QED) is 0.780. The van der Waals surface area contributed by atoms with Crippen LogP contribution < -0.4 is 5.32 Å². The van der Waals surface area contributed by atoms with Crippen molar-refractivity contribution in [2.45, 2.75) is 58.0 Å². The van der Waals surface area contributed by atoms with Crippen LogP contribution in [0.3, 0.4) is 0 Å². The third kappa shape index (κ3) is 3.94. The molecular formula is C15H31N3. The highest BCUT2D eigenvalue weighted by Crippen LogP contribution is 2.13. The van der Waals surface area contributed by atoms with Crippen LogP contribution in [0.4, 0.5) is 0 Å². The van der Waals surface area contributed by atoms with Gasteiger partial charge in [0.2, 0.25) is 0 Å². The molecule has 2 aliphatic heterocycles. The molecule has 2 fully saturated rings. The van der Waals surface area contributed by atoms with Gasteiger partial charge in [-0.3, -0.25) is 4.90 Å². The highest BCUT2D eigenvalue weighted by atomic mass is 15.2. The van der Waals surface area contributed by atoms with E-state index in [0.717, 1.165) is 12.1 Å². The van der Waals surface area contributed by atoms with E-state index in [1.165, 1.54) is 71.4 Å². The van der Waals surface area contributed by atoms with Crippen LogP contribution in [0, 0.1) is 0 Å². The predicted octanol–water partition coefficient (Wildman–Crippen LogP) is 1.93. The van der Waals surface area contributed by atoms with Gasteiger partial charge in [0, 0.05) is 25.2 Å². The van der Waals surface area contributed by atoms with E-state index in [4.69, 9.17) is 0 Å². The second kappa shape index (κ2) is 7.46. The molecule has 2 unspecified atom stereocenters. The molecular weight excluding hydrogens is 222 g/mol. The molecule has 0 bridgehead atoms. The molecule has 0 aliphatic carbocycles. The first-order valence-electron chi connectivity index (χ1n) is 8.03. The van der Waals surface area contributed by atoms with E-state index >= 15 is 0 Å². The van der Waals surface area contributed by atoms with Crippen molar-refractivity contribution >= 4 is 0 Å². The zero-order chi connectivity index (χ0) is 12.8. The molecule has 0 saturated carbocycles. The second-order valence-corrected chi connectivity index (χ2v) is 5.97. The van der Waals surface area contributed by atoms with Crippen LogP contribution in [0.15, 0.2) is 0 Å². The highest BCUT2D eigenvalue weighted by molar-refractivity contribution is 4.85. The summed E-state index contributed by atoms with van der Waals surface area (Å²) in [5.41, 5.74) is 0. The Bertz CT molecular complexity index is 226. The molecule has 0 aromatic heterocycles. The minimum absolute atomic E-state index is 0.722. The van der Waals surface area contributed by atoms with Crippen LogP contribution in [0.2, 0.25) is 0 Å². The van der Waals surface area contributed by atoms with Gasteiger partial charge in [0.05, 0.1) is 0 Å². The molecule has 0 amide bonds. The first kappa shape index (κ1) is 14.3. The van der Waals surface area contributed by atoms with Crippen molar-refractivity contribution in [2.24, 2.45) is 0 Å². The Labute approximate surface area is 113 Å². The number of likely N-dealkylation sites (tertiary alicyclic amines) is 1. The van der Waals surface area contributed by atoms with Crippen LogP contribution in [0.25, 0.3) is 0 Å². The summed E-state index contributed by atoms with van der Waals surface area (Å²) in [6.07, 6.45) is 6.74. The molecule has 0 radical (unpaired) electrons. The number of rotatable bonds is 6. The Hall–Kier alpha value is -0.120. The van der Waals surface area contributed by atoms with Crippen molar-refractivity contribution in [2.75, 3.05) is 39.3 Å². The predicted molar refractivity (Wildman–Crippen MR) is 78.0 cm³/mol. The normalized spacial score (nSPS) is 31.0. The smallest absolute Gasteiger partial charge is 0.0218 e. The standard InChI is InChI=1S/C15H31N3/c1-3-14-13-18(15(4-2)12-16-14)11-7-10-17-8-5-6-9-17/h14-16H,3-13H2,1-2H3. The monoisotopic (exact) mass is 253 g/mol. The minimum atomic E-state index is 0.722. The summed E-state index contributed by atoms with van der Waals surface area (Å²) >= 11 is 0. The van der Waals surface area contributed by atoms with Crippen LogP contribution in [-0.2, 0) is 0 Å². The fraction of sp³-hybridized carbons (Fsp3) is 1.00. The third-order valence-electron chi connectivity index (χ3n) is 4.70. The van der Waals surface area contributed by atoms with Gasteiger partial charge in [-0.15, -0.1) is 0 Å². The second-order valence-electron chi connectivity index (χ2n) is 5.97. The van der Waals surface area contributed by atoms with Crippen molar-refractivity contribution in [1.82, 2.24) is 15.1 Å². The lowest BCUT2D eigenvalue weighted by molar-refractivity contribution is 0.119. The molecule has 0 spiro atoms. The lowest BCUT2D eigenvalue weighted by atomic mass is 10.0. The van der Waals surface area contributed by atoms with Gasteiger partial charge in [-0.2, -0.15) is 0 Å². The molecule has 2 saturated heterocycles. The molecule has 3 heteroatoms. The molecule has 3 nitrogen and oxygen atoms in total. The third-order valence-corrected chi connectivity index (χ3v) is 4.70. The molecule has 106 valence electrons. The van der Waals surface area contributed by atoms with E-state index in [1.54, 1.807) is 0 Å². The van der Waals surface area contributed by atoms with Gasteiger partial charge >= 0.3 is 0 Å². The average molecular weight is 253 g/mol. The number of hydrogen-bond acceptors (Lipinski definition) is 3. The van der Waals surface area contributed by atoms with Crippen molar-refractivity contribution in [3.8, 4) is 0 Å². The van der Waals surface area contributed by atoms with Crippen LogP contribution in [0.5, 0.6) is 0 Å². The average Bonchev–Trinajstić information content (AvgIpc) is 2.92. The van der Waals surface area contributed by atoms with Gasteiger partial charge in [0.1, 0.15) is 0 Å². The zero-order valence-electron chi connectivity index (χ0n) is 12.3. The summed E-state index contributed by atoms with van der Waals surface area (Å²) < 4.78 is 0. The largest absolute Gasteiger partial charge is 0.311 e. The lowest BCUT2D eigenvalue weighted by Gasteiger charge is -2.40. The van der Waals surface area contributed by atoms with Crippen LogP contribution in [-0.4, -0.2) is 61.2 Å². The van der Waals surface area contributed by atoms with Gasteiger partial charge in [-0.1, -0.05) is 13.8 Å². The summed E-state index contributed by atoms with van der Waals surface area (Å²) in [6.45, 7) is 12.4. The summed E-state index contributed by atoms with van der Waals surface area (Å²) in [6, 6.07) is 1.49. The summed E-state index contributed by atoms with van der Waals surface area (Å²) in [7, 11) is 0. The van der Waals surface area contributed by atoms with E-state index in [0.29, 0.717) is 0 Å². The first-order valence-corrected chi connectivity index (χ1v) is 8.03. The maximum atomic E-state index is 3.68. The molecule has 2 heterocycles. The molecule has 2 atom stereocenters. The number of piperazine rings is 1. The molecule has 2 aliphatic rings. The molecule has 18 heavy (non-hydrogen) atoms. The van der Waals surface area contributed by atoms with Crippen molar-refractivity contribution in [3.63, 3.8) is 0 Å². The number of nitrogens with zero attached hydrogens (tertiary/aromatic N) is 2. The van der Waals surface area contributed by atoms with Crippen molar-refractivity contribution < 1.29 is 0 Å². The first-order chi connectivity index (χ1) is 8.83. The lowest BCUT2D eigenvalue weighted by Crippen LogP contribution is -2.56. The maximum absolute atomic E-state index is 3.68. The van der Waals surface area contributed by atoms with Gasteiger partial charge < -0.3 is 10.2 Å². The van der Waals surface area contributed by atoms with Gasteiger partial charge in [0.15, 0.2) is 0 Å². The Morgan fingerprint density at radius 1 is 1.06 bits per heavy atom. The van der Waals surface area contributed by atoms with Crippen LogP contribution in [0.1, 0.15) is 46.0 Å².